The van der Waals surface area contributed by atoms with Gasteiger partial charge in [0.05, 0.1) is 19.1 Å². The summed E-state index contributed by atoms with van der Waals surface area (Å²) in [6, 6.07) is 1.21. The molecule has 8 atom stereocenters. The molecule has 2 aliphatic heterocycles. The maximum absolute atomic E-state index is 14.4. The third-order valence-corrected chi connectivity index (χ3v) is 10.3. The molecule has 2 aliphatic carbocycles. The number of hydrogen-bond donors (Lipinski definition) is 3. The number of ether oxygens (including phenoxy) is 2. The molecule has 2 bridgehead atoms. The van der Waals surface area contributed by atoms with Crippen LogP contribution in [-0.2, 0) is 41.7 Å². The van der Waals surface area contributed by atoms with Crippen molar-refractivity contribution >= 4 is 35.6 Å². The number of nitrogens with zero attached hydrogens (tertiary/aromatic N) is 2. The molecule has 14 heteroatoms. The van der Waals surface area contributed by atoms with E-state index in [0.29, 0.717) is 30.4 Å². The van der Waals surface area contributed by atoms with Crippen LogP contribution in [0.3, 0.4) is 0 Å². The summed E-state index contributed by atoms with van der Waals surface area (Å²) in [7, 11) is 0. The summed E-state index contributed by atoms with van der Waals surface area (Å²) in [5.41, 5.74) is 6.28. The molecule has 2 unspecified atom stereocenters. The van der Waals surface area contributed by atoms with Gasteiger partial charge in [0.25, 0.3) is 0 Å². The minimum absolute atomic E-state index is 0.00460. The Balaban J connectivity index is 1.38. The zero-order valence-electron chi connectivity index (χ0n) is 29.6. The van der Waals surface area contributed by atoms with E-state index in [2.05, 4.69) is 23.8 Å². The SMILES string of the molecule is C=CC(C)[C@@H](NC(=O)[C@@H]1C[C@@H](OC(=O)N2Cc3cccc(F)c3C2)CN1C(=O)[C@H](CC(=O)C1C[C@H]2CC(=O)[C@@H]1C2)NC(=O)OC(C)(C)C)C(=C)N. The highest BCUT2D eigenvalue weighted by Gasteiger charge is 2.50. The lowest BCUT2D eigenvalue weighted by atomic mass is 9.82. The third-order valence-electron chi connectivity index (χ3n) is 10.3. The van der Waals surface area contributed by atoms with Gasteiger partial charge < -0.3 is 30.7 Å². The van der Waals surface area contributed by atoms with Gasteiger partial charge in [0.2, 0.25) is 11.8 Å². The van der Waals surface area contributed by atoms with Crippen molar-refractivity contribution in [1.82, 2.24) is 20.4 Å². The minimum Gasteiger partial charge on any atom is -0.444 e. The number of carbonyl (C=O) groups excluding carboxylic acids is 6. The van der Waals surface area contributed by atoms with E-state index in [1.165, 1.54) is 15.9 Å². The molecule has 4 amide bonds. The van der Waals surface area contributed by atoms with Crippen molar-refractivity contribution in [3.63, 3.8) is 0 Å². The van der Waals surface area contributed by atoms with Gasteiger partial charge in [-0.25, -0.2) is 14.0 Å². The summed E-state index contributed by atoms with van der Waals surface area (Å²) in [6.45, 7) is 14.1. The predicted molar refractivity (Wildman–Crippen MR) is 183 cm³/mol. The van der Waals surface area contributed by atoms with E-state index in [9.17, 15) is 33.2 Å². The lowest BCUT2D eigenvalue weighted by Crippen LogP contribution is -2.56. The number of halogens is 1. The molecular formula is C37H48FN5O8. The van der Waals surface area contributed by atoms with Crippen LogP contribution in [0.2, 0.25) is 0 Å². The Labute approximate surface area is 297 Å². The summed E-state index contributed by atoms with van der Waals surface area (Å²) < 4.78 is 25.6. The normalized spacial score (nSPS) is 25.4. The average molecular weight is 710 g/mol. The number of carbonyl (C=O) groups is 6. The van der Waals surface area contributed by atoms with Crippen LogP contribution in [0, 0.1) is 29.5 Å². The monoisotopic (exact) mass is 709 g/mol. The van der Waals surface area contributed by atoms with Gasteiger partial charge >= 0.3 is 12.2 Å². The molecule has 0 radical (unpaired) electrons. The topological polar surface area (TPSA) is 177 Å². The fraction of sp³-hybridized carbons (Fsp3) is 0.568. The summed E-state index contributed by atoms with van der Waals surface area (Å²) in [5, 5.41) is 5.36. The number of rotatable bonds is 11. The highest BCUT2D eigenvalue weighted by molar-refractivity contribution is 5.98. The first-order valence-corrected chi connectivity index (χ1v) is 17.4. The Morgan fingerprint density at radius 2 is 1.84 bits per heavy atom. The van der Waals surface area contributed by atoms with Crippen LogP contribution in [0.15, 0.2) is 43.1 Å². The number of fused-ring (bicyclic) bond motifs is 3. The van der Waals surface area contributed by atoms with Crippen LogP contribution < -0.4 is 16.4 Å². The van der Waals surface area contributed by atoms with Crippen molar-refractivity contribution in [2.24, 2.45) is 29.4 Å². The fourth-order valence-corrected chi connectivity index (χ4v) is 7.71. The molecule has 13 nitrogen and oxygen atoms in total. The molecule has 0 spiro atoms. The van der Waals surface area contributed by atoms with Crippen LogP contribution >= 0.6 is 0 Å². The number of likely N-dealkylation sites (tertiary alicyclic amines) is 1. The molecule has 3 fully saturated rings. The smallest absolute Gasteiger partial charge is 0.410 e. The van der Waals surface area contributed by atoms with Gasteiger partial charge in [-0.15, -0.1) is 6.58 Å². The number of nitrogens with two attached hydrogens (primary N) is 1. The van der Waals surface area contributed by atoms with E-state index in [0.717, 1.165) is 0 Å². The van der Waals surface area contributed by atoms with Crippen molar-refractivity contribution in [2.75, 3.05) is 6.54 Å². The molecule has 1 aromatic carbocycles. The predicted octanol–water partition coefficient (Wildman–Crippen LogP) is 3.49. The van der Waals surface area contributed by atoms with Crippen LogP contribution in [0.1, 0.15) is 70.9 Å². The lowest BCUT2D eigenvalue weighted by Gasteiger charge is -2.31. The third kappa shape index (κ3) is 8.42. The number of alkyl carbamates (subject to hydrolysis) is 1. The molecule has 276 valence electrons. The van der Waals surface area contributed by atoms with Crippen molar-refractivity contribution in [1.29, 1.82) is 0 Å². The van der Waals surface area contributed by atoms with E-state index in [1.807, 2.05) is 0 Å². The van der Waals surface area contributed by atoms with Crippen LogP contribution in [0.4, 0.5) is 14.0 Å². The number of nitrogens with one attached hydrogen (secondary N) is 2. The number of benzene rings is 1. The summed E-state index contributed by atoms with van der Waals surface area (Å²) in [6.07, 6.45) is -0.0148. The van der Waals surface area contributed by atoms with Crippen LogP contribution in [-0.4, -0.2) is 81.7 Å². The summed E-state index contributed by atoms with van der Waals surface area (Å²) in [5.74, 6) is -3.31. The van der Waals surface area contributed by atoms with Gasteiger partial charge in [0.1, 0.15) is 41.2 Å². The average Bonchev–Trinajstić information content (AvgIpc) is 3.84. The molecule has 5 rings (SSSR count). The molecule has 1 aromatic rings. The Morgan fingerprint density at radius 1 is 1.12 bits per heavy atom. The molecule has 2 heterocycles. The van der Waals surface area contributed by atoms with Gasteiger partial charge in [-0.1, -0.05) is 31.7 Å². The first-order chi connectivity index (χ1) is 23.9. The maximum Gasteiger partial charge on any atom is 0.410 e. The van der Waals surface area contributed by atoms with Crippen molar-refractivity contribution in [3.05, 3.63) is 60.1 Å². The number of Topliss-reactive ketones (excluding diaryl/α,β-unsaturated/α-hetero) is 2. The minimum atomic E-state index is -1.45. The highest BCUT2D eigenvalue weighted by Crippen LogP contribution is 2.47. The first kappa shape index (κ1) is 37.5. The molecule has 4 N–H and O–H groups in total. The van der Waals surface area contributed by atoms with E-state index in [4.69, 9.17) is 15.2 Å². The van der Waals surface area contributed by atoms with E-state index >= 15 is 0 Å². The molecular weight excluding hydrogens is 661 g/mol. The van der Waals surface area contributed by atoms with E-state index < -0.39 is 77.9 Å². The van der Waals surface area contributed by atoms with Gasteiger partial charge in [-0.3, -0.25) is 24.1 Å². The first-order valence-electron chi connectivity index (χ1n) is 17.4. The second kappa shape index (κ2) is 14.8. The highest BCUT2D eigenvalue weighted by atomic mass is 19.1. The Morgan fingerprint density at radius 3 is 2.45 bits per heavy atom. The number of hydrogen-bond acceptors (Lipinski definition) is 9. The Bertz CT molecular complexity index is 1620. The molecule has 0 aromatic heterocycles. The van der Waals surface area contributed by atoms with Gasteiger partial charge in [0, 0.05) is 48.9 Å². The van der Waals surface area contributed by atoms with Crippen molar-refractivity contribution < 1.29 is 42.6 Å². The maximum atomic E-state index is 14.4. The summed E-state index contributed by atoms with van der Waals surface area (Å²) >= 11 is 0. The summed E-state index contributed by atoms with van der Waals surface area (Å²) in [4.78, 5) is 83.3. The zero-order chi connectivity index (χ0) is 37.4. The Hall–Kier alpha value is -4.75. The van der Waals surface area contributed by atoms with Gasteiger partial charge in [-0.05, 0) is 57.1 Å². The quantitative estimate of drug-likeness (QED) is 0.290. The Kier molecular flexibility index (Phi) is 10.9. The van der Waals surface area contributed by atoms with Crippen molar-refractivity contribution in [2.45, 2.75) is 103 Å². The van der Waals surface area contributed by atoms with Gasteiger partial charge in [-0.2, -0.15) is 0 Å². The number of ketones is 2. The molecule has 1 saturated heterocycles. The molecule has 2 saturated carbocycles. The fourth-order valence-electron chi connectivity index (χ4n) is 7.71. The second-order valence-electron chi connectivity index (χ2n) is 15.2. The van der Waals surface area contributed by atoms with E-state index in [1.54, 1.807) is 45.9 Å². The molecule has 4 aliphatic rings. The standard InChI is InChI=1S/C37H48FN5O8/c1-7-19(2)32(20(3)39)41-33(46)29-14-23(50-36(49)42-16-22-9-8-10-27(38)26(22)18-42)17-43(29)34(47)28(40-35(48)51-37(4,5)6)15-31(45)25-12-21-11-24(25)30(44)13-21/h7-10,19,21,23-25,28-29,32H,1,3,11-18,39H2,2,4-6H3,(H,40,48)(H,41,46)/t19?,21-,23+,24+,25?,28-,29-,32+/m0/s1. The zero-order valence-corrected chi connectivity index (χ0v) is 29.6. The largest absolute Gasteiger partial charge is 0.444 e. The van der Waals surface area contributed by atoms with Crippen LogP contribution in [0.5, 0.6) is 0 Å². The van der Waals surface area contributed by atoms with Crippen molar-refractivity contribution in [3.8, 4) is 0 Å². The lowest BCUT2D eigenvalue weighted by molar-refractivity contribution is -0.142. The van der Waals surface area contributed by atoms with Crippen LogP contribution in [0.25, 0.3) is 0 Å². The van der Waals surface area contributed by atoms with E-state index in [-0.39, 0.29) is 55.2 Å². The van der Waals surface area contributed by atoms with Gasteiger partial charge in [0.15, 0.2) is 0 Å². The number of amides is 4. The second-order valence-corrected chi connectivity index (χ2v) is 15.2. The molecule has 51 heavy (non-hydrogen) atoms.